The Morgan fingerprint density at radius 3 is 2.43 bits per heavy atom. The number of hydrogen-bond acceptors (Lipinski definition) is 4. The zero-order valence-corrected chi connectivity index (χ0v) is 13.1. The van der Waals surface area contributed by atoms with Crippen LogP contribution in [-0.2, 0) is 14.3 Å². The third kappa shape index (κ3) is 2.90. The van der Waals surface area contributed by atoms with Gasteiger partial charge in [-0.1, -0.05) is 41.4 Å². The molecule has 0 aromatic heterocycles. The van der Waals surface area contributed by atoms with Crippen molar-refractivity contribution in [2.75, 3.05) is 11.6 Å². The van der Waals surface area contributed by atoms with Crippen LogP contribution in [-0.4, -0.2) is 24.2 Å². The highest BCUT2D eigenvalue weighted by Gasteiger charge is 2.36. The predicted molar refractivity (Wildman–Crippen MR) is 82.2 cm³/mol. The Morgan fingerprint density at radius 1 is 1.33 bits per heavy atom. The van der Waals surface area contributed by atoms with Crippen molar-refractivity contribution in [2.24, 2.45) is 5.10 Å². The lowest BCUT2D eigenvalue weighted by molar-refractivity contribution is -0.135. The summed E-state index contributed by atoms with van der Waals surface area (Å²) in [6.45, 7) is 5.33. The molecule has 0 spiro atoms. The average molecular weight is 348 g/mol. The molecule has 1 heterocycles. The Morgan fingerprint density at radius 2 is 1.90 bits per heavy atom. The van der Waals surface area contributed by atoms with Crippen molar-refractivity contribution in [3.05, 3.63) is 39.4 Å². The van der Waals surface area contributed by atoms with Gasteiger partial charge < -0.3 is 4.74 Å². The van der Waals surface area contributed by atoms with E-state index in [2.05, 4.69) is 11.7 Å². The van der Waals surface area contributed by atoms with E-state index in [1.54, 1.807) is 6.92 Å². The maximum absolute atomic E-state index is 12.2. The van der Waals surface area contributed by atoms with E-state index in [1.165, 1.54) is 12.1 Å². The van der Waals surface area contributed by atoms with E-state index in [1.807, 2.05) is 0 Å². The van der Waals surface area contributed by atoms with Crippen molar-refractivity contribution in [3.63, 3.8) is 0 Å². The molecule has 2 rings (SSSR count). The van der Waals surface area contributed by atoms with Crippen molar-refractivity contribution in [2.45, 2.75) is 6.92 Å². The zero-order valence-electron chi connectivity index (χ0n) is 10.8. The minimum atomic E-state index is -0.737. The number of halogens is 3. The molecule has 5 nitrogen and oxygen atoms in total. The molecule has 1 aromatic rings. The summed E-state index contributed by atoms with van der Waals surface area (Å²) in [7, 11) is 0. The average Bonchev–Trinajstić information content (AvgIpc) is 2.67. The summed E-state index contributed by atoms with van der Waals surface area (Å²) in [5.41, 5.74) is -0.132. The SMILES string of the molecule is C=C1C(=O)N(c2c(Cl)cc(Cl)cc2Cl)N=C1C(=O)OCC. The summed E-state index contributed by atoms with van der Waals surface area (Å²) in [5.74, 6) is -1.34. The van der Waals surface area contributed by atoms with Gasteiger partial charge in [-0.25, -0.2) is 4.79 Å². The number of ether oxygens (including phenoxy) is 1. The largest absolute Gasteiger partial charge is 0.461 e. The normalized spacial score (nSPS) is 14.5. The van der Waals surface area contributed by atoms with E-state index in [0.29, 0.717) is 5.02 Å². The smallest absolute Gasteiger partial charge is 0.359 e. The molecule has 0 saturated carbocycles. The minimum Gasteiger partial charge on any atom is -0.461 e. The summed E-state index contributed by atoms with van der Waals surface area (Å²) in [5, 5.41) is 5.39. The lowest BCUT2D eigenvalue weighted by Crippen LogP contribution is -2.22. The van der Waals surface area contributed by atoms with Crippen molar-refractivity contribution in [1.29, 1.82) is 0 Å². The fourth-order valence-electron chi connectivity index (χ4n) is 1.69. The van der Waals surface area contributed by atoms with Crippen LogP contribution in [0.3, 0.4) is 0 Å². The molecule has 0 N–H and O–H groups in total. The van der Waals surface area contributed by atoms with E-state index >= 15 is 0 Å². The molecule has 0 unspecified atom stereocenters. The van der Waals surface area contributed by atoms with Crippen LogP contribution in [0.5, 0.6) is 0 Å². The molecule has 21 heavy (non-hydrogen) atoms. The fraction of sp³-hybridized carbons (Fsp3) is 0.154. The molecule has 0 fully saturated rings. The molecule has 0 aliphatic carbocycles. The van der Waals surface area contributed by atoms with Gasteiger partial charge in [-0.05, 0) is 19.1 Å². The van der Waals surface area contributed by atoms with Crippen LogP contribution in [0.1, 0.15) is 6.92 Å². The second-order valence-electron chi connectivity index (χ2n) is 3.98. The monoisotopic (exact) mass is 346 g/mol. The molecular weight excluding hydrogens is 339 g/mol. The molecule has 1 aromatic carbocycles. The molecule has 8 heteroatoms. The van der Waals surface area contributed by atoms with Gasteiger partial charge in [0.25, 0.3) is 5.91 Å². The number of esters is 1. The fourth-order valence-corrected chi connectivity index (χ4v) is 2.66. The first kappa shape index (κ1) is 15.8. The van der Waals surface area contributed by atoms with E-state index in [9.17, 15) is 9.59 Å². The maximum Gasteiger partial charge on any atom is 0.359 e. The van der Waals surface area contributed by atoms with Gasteiger partial charge in [0.1, 0.15) is 5.69 Å². The van der Waals surface area contributed by atoms with Crippen molar-refractivity contribution < 1.29 is 14.3 Å². The Labute approximate surface area is 135 Å². The van der Waals surface area contributed by atoms with Gasteiger partial charge in [0.05, 0.1) is 22.2 Å². The molecule has 0 radical (unpaired) electrons. The first-order chi connectivity index (χ1) is 9.86. The highest BCUT2D eigenvalue weighted by Crippen LogP contribution is 2.38. The standard InChI is InChI=1S/C13H9Cl3N2O3/c1-3-21-13(20)10-6(2)12(19)18(17-10)11-8(15)4-7(14)5-9(11)16/h4-5H,2-3H2,1H3. The van der Waals surface area contributed by atoms with Gasteiger partial charge in [0.2, 0.25) is 0 Å². The summed E-state index contributed by atoms with van der Waals surface area (Å²) in [6, 6.07) is 2.83. The Hall–Kier alpha value is -1.56. The van der Waals surface area contributed by atoms with Crippen molar-refractivity contribution in [3.8, 4) is 0 Å². The molecule has 110 valence electrons. The number of anilines is 1. The second-order valence-corrected chi connectivity index (χ2v) is 5.23. The van der Waals surface area contributed by atoms with Gasteiger partial charge in [-0.3, -0.25) is 4.79 Å². The number of rotatable bonds is 3. The van der Waals surface area contributed by atoms with Gasteiger partial charge in [-0.2, -0.15) is 10.1 Å². The van der Waals surface area contributed by atoms with Crippen LogP contribution in [0.25, 0.3) is 0 Å². The van der Waals surface area contributed by atoms with E-state index in [4.69, 9.17) is 39.5 Å². The van der Waals surface area contributed by atoms with Gasteiger partial charge in [0, 0.05) is 5.02 Å². The summed E-state index contributed by atoms with van der Waals surface area (Å²) in [6.07, 6.45) is 0. The second kappa shape index (κ2) is 6.05. The van der Waals surface area contributed by atoms with Crippen LogP contribution < -0.4 is 5.01 Å². The van der Waals surface area contributed by atoms with Crippen molar-refractivity contribution in [1.82, 2.24) is 0 Å². The molecule has 0 atom stereocenters. The molecule has 0 saturated heterocycles. The highest BCUT2D eigenvalue weighted by atomic mass is 35.5. The zero-order chi connectivity index (χ0) is 15.7. The number of amides is 1. The molecule has 1 aliphatic heterocycles. The van der Waals surface area contributed by atoms with Crippen molar-refractivity contribution >= 4 is 58.1 Å². The number of carbonyl (C=O) groups excluding carboxylic acids is 2. The summed E-state index contributed by atoms with van der Waals surface area (Å²) in [4.78, 5) is 23.9. The summed E-state index contributed by atoms with van der Waals surface area (Å²) >= 11 is 17.9. The van der Waals surface area contributed by atoms with Crippen LogP contribution in [0.15, 0.2) is 29.4 Å². The van der Waals surface area contributed by atoms with Crippen LogP contribution in [0.2, 0.25) is 15.1 Å². The lowest BCUT2D eigenvalue weighted by atomic mass is 10.2. The van der Waals surface area contributed by atoms with Crippen LogP contribution in [0, 0.1) is 0 Å². The minimum absolute atomic E-state index is 0.0875. The molecular formula is C13H9Cl3N2O3. The molecule has 1 amide bonds. The van der Waals surface area contributed by atoms with Gasteiger partial charge in [-0.15, -0.1) is 0 Å². The number of hydrogen-bond donors (Lipinski definition) is 0. The van der Waals surface area contributed by atoms with Crippen LogP contribution in [0.4, 0.5) is 5.69 Å². The maximum atomic E-state index is 12.2. The third-order valence-corrected chi connectivity index (χ3v) is 3.39. The van der Waals surface area contributed by atoms with E-state index in [-0.39, 0.29) is 33.6 Å². The van der Waals surface area contributed by atoms with E-state index in [0.717, 1.165) is 5.01 Å². The molecule has 1 aliphatic rings. The Bertz CT molecular complexity index is 662. The highest BCUT2D eigenvalue weighted by molar-refractivity contribution is 6.53. The first-order valence-corrected chi connectivity index (χ1v) is 6.94. The quantitative estimate of drug-likeness (QED) is 0.621. The van der Waals surface area contributed by atoms with Gasteiger partial charge in [0.15, 0.2) is 5.71 Å². The number of benzene rings is 1. The van der Waals surface area contributed by atoms with Crippen LogP contribution >= 0.6 is 34.8 Å². The lowest BCUT2D eigenvalue weighted by Gasteiger charge is -2.15. The topological polar surface area (TPSA) is 59.0 Å². The number of hydrazone groups is 1. The van der Waals surface area contributed by atoms with E-state index < -0.39 is 11.9 Å². The molecule has 0 bridgehead atoms. The Balaban J connectivity index is 2.48. The number of carbonyl (C=O) groups is 2. The predicted octanol–water partition coefficient (Wildman–Crippen LogP) is 3.47. The first-order valence-electron chi connectivity index (χ1n) is 5.80. The number of nitrogens with zero attached hydrogens (tertiary/aromatic N) is 2. The summed E-state index contributed by atoms with van der Waals surface area (Å²) < 4.78 is 4.81. The third-order valence-electron chi connectivity index (χ3n) is 2.60. The Kier molecular flexibility index (Phi) is 4.56. The van der Waals surface area contributed by atoms with Gasteiger partial charge >= 0.3 is 5.97 Å².